The van der Waals surface area contributed by atoms with Gasteiger partial charge < -0.3 is 9.30 Å². The second-order valence-corrected chi connectivity index (χ2v) is 5.86. The number of rotatable bonds is 3. The fourth-order valence-electron chi connectivity index (χ4n) is 2.85. The number of aromatic nitrogens is 1. The molecule has 0 unspecified atom stereocenters. The summed E-state index contributed by atoms with van der Waals surface area (Å²) in [5.74, 6) is -0.148. The Bertz CT molecular complexity index is 645. The van der Waals surface area contributed by atoms with Crippen molar-refractivity contribution in [3.05, 3.63) is 33.9 Å². The normalized spacial score (nSPS) is 13.8. The highest BCUT2D eigenvalue weighted by atomic mass is 79.9. The van der Waals surface area contributed by atoms with E-state index in [9.17, 15) is 4.79 Å². The van der Waals surface area contributed by atoms with Crippen LogP contribution in [0.5, 0.6) is 0 Å². The summed E-state index contributed by atoms with van der Waals surface area (Å²) in [5.41, 5.74) is 3.96. The minimum Gasteiger partial charge on any atom is -0.469 e. The number of esters is 1. The SMILES string of the molecule is COC(=O)CCc1cc2c3c(c1)c(Br)cn3CCC2. The van der Waals surface area contributed by atoms with Crippen LogP contribution >= 0.6 is 15.9 Å². The Balaban J connectivity index is 1.99. The molecule has 19 heavy (non-hydrogen) atoms. The predicted molar refractivity (Wildman–Crippen MR) is 78.3 cm³/mol. The molecule has 3 nitrogen and oxygen atoms in total. The van der Waals surface area contributed by atoms with Gasteiger partial charge in [-0.2, -0.15) is 0 Å². The summed E-state index contributed by atoms with van der Waals surface area (Å²) in [5, 5.41) is 1.26. The van der Waals surface area contributed by atoms with E-state index >= 15 is 0 Å². The Hall–Kier alpha value is -1.29. The number of halogens is 1. The van der Waals surface area contributed by atoms with Crippen molar-refractivity contribution < 1.29 is 9.53 Å². The molecule has 0 saturated carbocycles. The number of methoxy groups -OCH3 is 1. The van der Waals surface area contributed by atoms with E-state index in [1.165, 1.54) is 35.6 Å². The van der Waals surface area contributed by atoms with Gasteiger partial charge >= 0.3 is 5.97 Å². The third-order valence-corrected chi connectivity index (χ3v) is 4.38. The molecule has 0 aliphatic carbocycles. The molecular weight excluding hydrogens is 306 g/mol. The van der Waals surface area contributed by atoms with Gasteiger partial charge in [0.15, 0.2) is 0 Å². The lowest BCUT2D eigenvalue weighted by molar-refractivity contribution is -0.140. The van der Waals surface area contributed by atoms with Crippen molar-refractivity contribution >= 4 is 32.8 Å². The van der Waals surface area contributed by atoms with Crippen molar-refractivity contribution in [3.63, 3.8) is 0 Å². The molecule has 0 spiro atoms. The third-order valence-electron chi connectivity index (χ3n) is 3.75. The molecule has 0 saturated heterocycles. The Kier molecular flexibility index (Phi) is 3.35. The van der Waals surface area contributed by atoms with Gasteiger partial charge in [0.25, 0.3) is 0 Å². The van der Waals surface area contributed by atoms with Crippen molar-refractivity contribution in [1.82, 2.24) is 4.57 Å². The molecule has 100 valence electrons. The van der Waals surface area contributed by atoms with Crippen LogP contribution in [0.3, 0.4) is 0 Å². The van der Waals surface area contributed by atoms with Crippen LogP contribution in [0.15, 0.2) is 22.8 Å². The zero-order valence-corrected chi connectivity index (χ0v) is 12.5. The van der Waals surface area contributed by atoms with E-state index in [1.54, 1.807) is 0 Å². The van der Waals surface area contributed by atoms with Crippen molar-refractivity contribution in [2.75, 3.05) is 7.11 Å². The van der Waals surface area contributed by atoms with Crippen LogP contribution in [-0.4, -0.2) is 17.6 Å². The monoisotopic (exact) mass is 321 g/mol. The fraction of sp³-hybridized carbons (Fsp3) is 0.400. The van der Waals surface area contributed by atoms with Crippen molar-refractivity contribution in [3.8, 4) is 0 Å². The van der Waals surface area contributed by atoms with E-state index in [0.29, 0.717) is 6.42 Å². The molecule has 2 aromatic rings. The summed E-state index contributed by atoms with van der Waals surface area (Å²) in [6, 6.07) is 4.43. The van der Waals surface area contributed by atoms with Gasteiger partial charge in [0, 0.05) is 29.0 Å². The number of hydrogen-bond donors (Lipinski definition) is 0. The molecule has 0 atom stereocenters. The standard InChI is InChI=1S/C15H16BrNO2/c1-19-14(18)5-4-10-7-11-3-2-6-17-9-13(16)12(8-10)15(11)17/h7-9H,2-6H2,1H3. The van der Waals surface area contributed by atoms with Crippen LogP contribution in [0, 0.1) is 0 Å². The van der Waals surface area contributed by atoms with Gasteiger partial charge in [-0.25, -0.2) is 0 Å². The molecule has 0 N–H and O–H groups in total. The first-order valence-electron chi connectivity index (χ1n) is 6.56. The maximum absolute atomic E-state index is 11.2. The lowest BCUT2D eigenvalue weighted by atomic mass is 9.98. The van der Waals surface area contributed by atoms with Gasteiger partial charge in [0.1, 0.15) is 0 Å². The fourth-order valence-corrected chi connectivity index (χ4v) is 3.40. The molecular formula is C15H16BrNO2. The summed E-state index contributed by atoms with van der Waals surface area (Å²) in [7, 11) is 1.44. The number of carbonyl (C=O) groups excluding carboxylic acids is 1. The van der Waals surface area contributed by atoms with Crippen LogP contribution in [-0.2, 0) is 28.9 Å². The lowest BCUT2D eigenvalue weighted by Gasteiger charge is -2.16. The summed E-state index contributed by atoms with van der Waals surface area (Å²) >= 11 is 3.64. The molecule has 2 heterocycles. The maximum Gasteiger partial charge on any atom is 0.305 e. The molecule has 1 aliphatic rings. The van der Waals surface area contributed by atoms with Crippen LogP contribution in [0.1, 0.15) is 24.0 Å². The Morgan fingerprint density at radius 3 is 3.11 bits per heavy atom. The van der Waals surface area contributed by atoms with Crippen molar-refractivity contribution in [2.24, 2.45) is 0 Å². The maximum atomic E-state index is 11.2. The molecule has 0 radical (unpaired) electrons. The highest BCUT2D eigenvalue weighted by Gasteiger charge is 2.16. The number of nitrogens with zero attached hydrogens (tertiary/aromatic N) is 1. The molecule has 1 aromatic heterocycles. The summed E-state index contributed by atoms with van der Waals surface area (Å²) in [6.07, 6.45) is 5.66. The minimum absolute atomic E-state index is 0.148. The van der Waals surface area contributed by atoms with Gasteiger partial charge in [-0.3, -0.25) is 4.79 Å². The van der Waals surface area contributed by atoms with E-state index in [2.05, 4.69) is 38.8 Å². The van der Waals surface area contributed by atoms with Crippen LogP contribution < -0.4 is 0 Å². The van der Waals surface area contributed by atoms with Gasteiger partial charge in [-0.15, -0.1) is 0 Å². The first-order chi connectivity index (χ1) is 9.19. The summed E-state index contributed by atoms with van der Waals surface area (Å²) in [6.45, 7) is 1.09. The van der Waals surface area contributed by atoms with Crippen molar-refractivity contribution in [2.45, 2.75) is 32.2 Å². The minimum atomic E-state index is -0.148. The molecule has 0 amide bonds. The predicted octanol–water partition coefficient (Wildman–Crippen LogP) is 3.46. The summed E-state index contributed by atoms with van der Waals surface area (Å²) in [4.78, 5) is 11.2. The van der Waals surface area contributed by atoms with Gasteiger partial charge in [-0.1, -0.05) is 6.07 Å². The van der Waals surface area contributed by atoms with Gasteiger partial charge in [-0.05, 0) is 52.4 Å². The second kappa shape index (κ2) is 5.00. The van der Waals surface area contributed by atoms with E-state index in [-0.39, 0.29) is 5.97 Å². The van der Waals surface area contributed by atoms with Crippen LogP contribution in [0.25, 0.3) is 10.9 Å². The molecule has 1 aliphatic heterocycles. The van der Waals surface area contributed by atoms with Gasteiger partial charge in [0.05, 0.1) is 12.6 Å². The highest BCUT2D eigenvalue weighted by molar-refractivity contribution is 9.10. The first kappa shape index (κ1) is 12.7. The number of aryl methyl sites for hydroxylation is 3. The average molecular weight is 322 g/mol. The smallest absolute Gasteiger partial charge is 0.305 e. The zero-order valence-electron chi connectivity index (χ0n) is 10.9. The topological polar surface area (TPSA) is 31.2 Å². The molecule has 1 aromatic carbocycles. The third kappa shape index (κ3) is 2.29. The molecule has 4 heteroatoms. The zero-order chi connectivity index (χ0) is 13.4. The van der Waals surface area contributed by atoms with Gasteiger partial charge in [0.2, 0.25) is 0 Å². The van der Waals surface area contributed by atoms with E-state index < -0.39 is 0 Å². The highest BCUT2D eigenvalue weighted by Crippen LogP contribution is 2.33. The number of benzene rings is 1. The quantitative estimate of drug-likeness (QED) is 0.811. The van der Waals surface area contributed by atoms with E-state index in [4.69, 9.17) is 4.74 Å². The molecule has 0 bridgehead atoms. The van der Waals surface area contributed by atoms with E-state index in [0.717, 1.165) is 23.9 Å². The Morgan fingerprint density at radius 1 is 1.47 bits per heavy atom. The average Bonchev–Trinajstić information content (AvgIpc) is 2.74. The van der Waals surface area contributed by atoms with Crippen LogP contribution in [0.2, 0.25) is 0 Å². The number of carbonyl (C=O) groups is 1. The number of hydrogen-bond acceptors (Lipinski definition) is 2. The van der Waals surface area contributed by atoms with Crippen LogP contribution in [0.4, 0.5) is 0 Å². The van der Waals surface area contributed by atoms with E-state index in [1.807, 2.05) is 0 Å². The largest absolute Gasteiger partial charge is 0.469 e. The first-order valence-corrected chi connectivity index (χ1v) is 7.35. The molecule has 0 fully saturated rings. The summed E-state index contributed by atoms with van der Waals surface area (Å²) < 4.78 is 8.17. The number of ether oxygens (including phenoxy) is 1. The molecule has 3 rings (SSSR count). The lowest BCUT2D eigenvalue weighted by Crippen LogP contribution is -2.07. The second-order valence-electron chi connectivity index (χ2n) is 5.00. The van der Waals surface area contributed by atoms with Crippen molar-refractivity contribution in [1.29, 1.82) is 0 Å². The Labute approximate surface area is 120 Å². The Morgan fingerprint density at radius 2 is 2.32 bits per heavy atom.